The van der Waals surface area contributed by atoms with Gasteiger partial charge in [0.25, 0.3) is 0 Å². The molecule has 0 amide bonds. The summed E-state index contributed by atoms with van der Waals surface area (Å²) >= 11 is 0. The van der Waals surface area contributed by atoms with E-state index in [1.165, 1.54) is 18.5 Å². The number of aromatic nitrogens is 2. The number of benzene rings is 1. The predicted molar refractivity (Wildman–Crippen MR) is 79.1 cm³/mol. The van der Waals surface area contributed by atoms with Gasteiger partial charge in [-0.2, -0.15) is 5.10 Å². The highest BCUT2D eigenvalue weighted by atomic mass is 16.5. The van der Waals surface area contributed by atoms with E-state index in [9.17, 15) is 0 Å². The zero-order chi connectivity index (χ0) is 13.6. The van der Waals surface area contributed by atoms with Crippen LogP contribution in [0.3, 0.4) is 0 Å². The molecule has 1 aliphatic heterocycles. The largest absolute Gasteiger partial charge is 0.379 e. The molecule has 1 aliphatic rings. The zero-order valence-corrected chi connectivity index (χ0v) is 11.7. The van der Waals surface area contributed by atoms with Gasteiger partial charge in [-0.3, -0.25) is 4.90 Å². The molecule has 1 saturated heterocycles. The third-order valence-electron chi connectivity index (χ3n) is 3.75. The average Bonchev–Trinajstić information content (AvgIpc) is 3.03. The van der Waals surface area contributed by atoms with Crippen LogP contribution in [0.4, 0.5) is 0 Å². The van der Waals surface area contributed by atoms with E-state index in [1.807, 2.05) is 16.9 Å². The second-order valence-corrected chi connectivity index (χ2v) is 5.17. The van der Waals surface area contributed by atoms with Gasteiger partial charge in [-0.25, -0.2) is 4.68 Å². The van der Waals surface area contributed by atoms with Gasteiger partial charge in [0.1, 0.15) is 0 Å². The lowest BCUT2D eigenvalue weighted by Gasteiger charge is -2.26. The van der Waals surface area contributed by atoms with Gasteiger partial charge in [0.15, 0.2) is 0 Å². The number of hydrogen-bond donors (Lipinski definition) is 0. The predicted octanol–water partition coefficient (Wildman–Crippen LogP) is 2.14. The molecular formula is C16H21N3O. The van der Waals surface area contributed by atoms with Gasteiger partial charge >= 0.3 is 0 Å². The lowest BCUT2D eigenvalue weighted by molar-refractivity contribution is 0.0375. The van der Waals surface area contributed by atoms with Crippen molar-refractivity contribution in [3.8, 4) is 5.69 Å². The van der Waals surface area contributed by atoms with Crippen LogP contribution in [0, 0.1) is 0 Å². The molecule has 2 heterocycles. The van der Waals surface area contributed by atoms with Crippen LogP contribution < -0.4 is 0 Å². The summed E-state index contributed by atoms with van der Waals surface area (Å²) in [4.78, 5) is 2.49. The Kier molecular flexibility index (Phi) is 4.46. The molecule has 0 radical (unpaired) electrons. The highest BCUT2D eigenvalue weighted by Gasteiger charge is 2.09. The van der Waals surface area contributed by atoms with Gasteiger partial charge in [0, 0.05) is 25.5 Å². The van der Waals surface area contributed by atoms with Gasteiger partial charge in [0.05, 0.1) is 18.9 Å². The van der Waals surface area contributed by atoms with Gasteiger partial charge in [-0.1, -0.05) is 12.1 Å². The number of nitrogens with zero attached hydrogens (tertiary/aromatic N) is 3. The highest BCUT2D eigenvalue weighted by molar-refractivity contribution is 5.33. The minimum atomic E-state index is 0.887. The second-order valence-electron chi connectivity index (χ2n) is 5.17. The average molecular weight is 271 g/mol. The van der Waals surface area contributed by atoms with E-state index in [0.717, 1.165) is 38.4 Å². The van der Waals surface area contributed by atoms with Crippen LogP contribution in [-0.2, 0) is 11.2 Å². The summed E-state index contributed by atoms with van der Waals surface area (Å²) in [5, 5.41) is 4.24. The SMILES string of the molecule is c1cnn(-c2ccc(CCCN3CCOCC3)cc2)c1. The van der Waals surface area contributed by atoms with Gasteiger partial charge < -0.3 is 4.74 Å². The maximum Gasteiger partial charge on any atom is 0.0645 e. The first-order chi connectivity index (χ1) is 9.92. The van der Waals surface area contributed by atoms with Crippen molar-refractivity contribution in [2.45, 2.75) is 12.8 Å². The van der Waals surface area contributed by atoms with Gasteiger partial charge in [-0.05, 0) is 43.1 Å². The molecule has 0 spiro atoms. The molecular weight excluding hydrogens is 250 g/mol. The lowest BCUT2D eigenvalue weighted by atomic mass is 10.1. The molecule has 1 aromatic heterocycles. The van der Waals surface area contributed by atoms with Crippen LogP contribution in [0.15, 0.2) is 42.7 Å². The fourth-order valence-corrected chi connectivity index (χ4v) is 2.57. The molecule has 2 aromatic rings. The van der Waals surface area contributed by atoms with Crippen LogP contribution in [0.5, 0.6) is 0 Å². The molecule has 0 bridgehead atoms. The molecule has 0 atom stereocenters. The quantitative estimate of drug-likeness (QED) is 0.834. The van der Waals surface area contributed by atoms with Crippen LogP contribution >= 0.6 is 0 Å². The summed E-state index contributed by atoms with van der Waals surface area (Å²) in [5.41, 5.74) is 2.51. The Morgan fingerprint density at radius 1 is 1.10 bits per heavy atom. The van der Waals surface area contributed by atoms with Gasteiger partial charge in [-0.15, -0.1) is 0 Å². The topological polar surface area (TPSA) is 30.3 Å². The van der Waals surface area contributed by atoms with Gasteiger partial charge in [0.2, 0.25) is 0 Å². The first kappa shape index (κ1) is 13.3. The standard InChI is InChI=1S/C16H21N3O/c1(9-18-11-13-20-14-12-18)3-15-4-6-16(7-5-15)19-10-2-8-17-19/h2,4-8,10H,1,3,9,11-14H2. The van der Waals surface area contributed by atoms with E-state index in [1.54, 1.807) is 6.20 Å². The molecule has 0 N–H and O–H groups in total. The monoisotopic (exact) mass is 271 g/mol. The fraction of sp³-hybridized carbons (Fsp3) is 0.438. The smallest absolute Gasteiger partial charge is 0.0645 e. The first-order valence-corrected chi connectivity index (χ1v) is 7.31. The fourth-order valence-electron chi connectivity index (χ4n) is 2.57. The maximum absolute atomic E-state index is 5.36. The number of aryl methyl sites for hydroxylation is 1. The van der Waals surface area contributed by atoms with Crippen molar-refractivity contribution in [1.82, 2.24) is 14.7 Å². The van der Waals surface area contributed by atoms with E-state index < -0.39 is 0 Å². The molecule has 20 heavy (non-hydrogen) atoms. The molecule has 4 heteroatoms. The van der Waals surface area contributed by atoms with E-state index in [4.69, 9.17) is 4.74 Å². The molecule has 1 fully saturated rings. The summed E-state index contributed by atoms with van der Waals surface area (Å²) in [7, 11) is 0. The molecule has 4 nitrogen and oxygen atoms in total. The van der Waals surface area contributed by atoms with Crippen molar-refractivity contribution < 1.29 is 4.74 Å². The Balaban J connectivity index is 1.48. The molecule has 3 rings (SSSR count). The van der Waals surface area contributed by atoms with Crippen molar-refractivity contribution in [3.05, 3.63) is 48.3 Å². The summed E-state index contributed by atoms with van der Waals surface area (Å²) < 4.78 is 7.25. The van der Waals surface area contributed by atoms with E-state index in [2.05, 4.69) is 34.3 Å². The minimum Gasteiger partial charge on any atom is -0.379 e. The highest BCUT2D eigenvalue weighted by Crippen LogP contribution is 2.10. The van der Waals surface area contributed by atoms with Crippen molar-refractivity contribution in [2.24, 2.45) is 0 Å². The van der Waals surface area contributed by atoms with E-state index in [-0.39, 0.29) is 0 Å². The minimum absolute atomic E-state index is 0.887. The summed E-state index contributed by atoms with van der Waals surface area (Å²) in [6, 6.07) is 10.6. The van der Waals surface area contributed by atoms with E-state index >= 15 is 0 Å². The number of rotatable bonds is 5. The van der Waals surface area contributed by atoms with Crippen molar-refractivity contribution in [1.29, 1.82) is 0 Å². The van der Waals surface area contributed by atoms with Crippen LogP contribution in [0.1, 0.15) is 12.0 Å². The summed E-state index contributed by atoms with van der Waals surface area (Å²) in [6.45, 7) is 5.11. The lowest BCUT2D eigenvalue weighted by Crippen LogP contribution is -2.36. The van der Waals surface area contributed by atoms with Crippen LogP contribution in [0.25, 0.3) is 5.69 Å². The summed E-state index contributed by atoms with van der Waals surface area (Å²) in [6.07, 6.45) is 6.11. The van der Waals surface area contributed by atoms with E-state index in [0.29, 0.717) is 0 Å². The molecule has 106 valence electrons. The summed E-state index contributed by atoms with van der Waals surface area (Å²) in [5.74, 6) is 0. The Bertz CT molecular complexity index is 501. The van der Waals surface area contributed by atoms with Crippen molar-refractivity contribution in [2.75, 3.05) is 32.8 Å². The number of hydrogen-bond acceptors (Lipinski definition) is 3. The Morgan fingerprint density at radius 2 is 1.90 bits per heavy atom. The maximum atomic E-state index is 5.36. The van der Waals surface area contributed by atoms with Crippen LogP contribution in [0.2, 0.25) is 0 Å². The molecule has 1 aromatic carbocycles. The second kappa shape index (κ2) is 6.68. The number of ether oxygens (including phenoxy) is 1. The normalized spacial score (nSPS) is 16.4. The van der Waals surface area contributed by atoms with Crippen molar-refractivity contribution >= 4 is 0 Å². The van der Waals surface area contributed by atoms with Crippen molar-refractivity contribution in [3.63, 3.8) is 0 Å². The molecule has 0 saturated carbocycles. The zero-order valence-electron chi connectivity index (χ0n) is 11.7. The Hall–Kier alpha value is -1.65. The third kappa shape index (κ3) is 3.46. The molecule has 0 aliphatic carbocycles. The number of morpholine rings is 1. The third-order valence-corrected chi connectivity index (χ3v) is 3.75. The Morgan fingerprint density at radius 3 is 2.60 bits per heavy atom. The Labute approximate surface area is 120 Å². The molecule has 0 unspecified atom stereocenters. The van der Waals surface area contributed by atoms with Crippen LogP contribution in [-0.4, -0.2) is 47.5 Å². The first-order valence-electron chi connectivity index (χ1n) is 7.31.